The molecule has 0 saturated carbocycles. The molecule has 0 atom stereocenters. The van der Waals surface area contributed by atoms with Crippen LogP contribution >= 0.6 is 11.3 Å². The molecule has 0 aliphatic rings. The number of rotatable bonds is 5. The van der Waals surface area contributed by atoms with E-state index in [1.165, 1.54) is 4.57 Å². The second-order valence-corrected chi connectivity index (χ2v) is 7.63. The van der Waals surface area contributed by atoms with Crippen molar-refractivity contribution in [2.24, 2.45) is 4.99 Å². The summed E-state index contributed by atoms with van der Waals surface area (Å²) >= 11 is 0.946. The number of benzene rings is 2. The summed E-state index contributed by atoms with van der Waals surface area (Å²) in [5.74, 6) is -2.61. The van der Waals surface area contributed by atoms with E-state index in [4.69, 9.17) is 4.74 Å². The first kappa shape index (κ1) is 20.9. The van der Waals surface area contributed by atoms with E-state index in [1.54, 1.807) is 6.92 Å². The van der Waals surface area contributed by atoms with Gasteiger partial charge in [0, 0.05) is 6.07 Å². The highest BCUT2D eigenvalue weighted by Gasteiger charge is 2.17. The Hall–Kier alpha value is -2.87. The van der Waals surface area contributed by atoms with Gasteiger partial charge in [-0.1, -0.05) is 35.1 Å². The predicted molar refractivity (Wildman–Crippen MR) is 107 cm³/mol. The fourth-order valence-corrected chi connectivity index (χ4v) is 4.08. The van der Waals surface area contributed by atoms with E-state index in [1.807, 2.05) is 32.0 Å². The summed E-state index contributed by atoms with van der Waals surface area (Å²) < 4.78 is 34.5. The summed E-state index contributed by atoms with van der Waals surface area (Å²) in [5, 5.41) is 0. The van der Waals surface area contributed by atoms with E-state index in [0.29, 0.717) is 0 Å². The van der Waals surface area contributed by atoms with Gasteiger partial charge in [-0.25, -0.2) is 8.78 Å². The third-order valence-corrected chi connectivity index (χ3v) is 5.38. The van der Waals surface area contributed by atoms with Gasteiger partial charge in [-0.15, -0.1) is 0 Å². The van der Waals surface area contributed by atoms with Gasteiger partial charge in [-0.05, 0) is 38.0 Å². The number of thiazole rings is 1. The molecule has 0 fully saturated rings. The molecule has 1 amide bonds. The van der Waals surface area contributed by atoms with Crippen LogP contribution in [0.25, 0.3) is 10.2 Å². The highest BCUT2D eigenvalue weighted by atomic mass is 32.1. The molecular formula is C21H20F2N2O3S. The minimum absolute atomic E-state index is 0.0164. The van der Waals surface area contributed by atoms with Gasteiger partial charge in [0.1, 0.15) is 12.4 Å². The zero-order valence-electron chi connectivity index (χ0n) is 16.3. The van der Waals surface area contributed by atoms with Crippen LogP contribution in [0.1, 0.15) is 23.6 Å². The highest BCUT2D eigenvalue weighted by molar-refractivity contribution is 7.16. The van der Waals surface area contributed by atoms with E-state index < -0.39 is 23.5 Å². The molecule has 2 aromatic carbocycles. The topological polar surface area (TPSA) is 60.7 Å². The average Bonchev–Trinajstić information content (AvgIpc) is 2.95. The molecule has 0 aliphatic carbocycles. The molecule has 0 unspecified atom stereocenters. The van der Waals surface area contributed by atoms with Crippen molar-refractivity contribution < 1.29 is 23.1 Å². The van der Waals surface area contributed by atoms with Gasteiger partial charge in [0.05, 0.1) is 23.2 Å². The quantitative estimate of drug-likeness (QED) is 0.592. The maximum absolute atomic E-state index is 14.4. The maximum Gasteiger partial charge on any atom is 0.326 e. The SMILES string of the molecule is CCOC(=O)Cn1c(=NC(=O)Cc2cc(C)ccc2C)sc2cc(F)cc(F)c21. The summed E-state index contributed by atoms with van der Waals surface area (Å²) in [6, 6.07) is 7.68. The molecule has 8 heteroatoms. The van der Waals surface area contributed by atoms with E-state index in [2.05, 4.69) is 4.99 Å². The van der Waals surface area contributed by atoms with Gasteiger partial charge < -0.3 is 9.30 Å². The molecule has 29 heavy (non-hydrogen) atoms. The van der Waals surface area contributed by atoms with Crippen LogP contribution < -0.4 is 4.80 Å². The fourth-order valence-electron chi connectivity index (χ4n) is 3.00. The number of hydrogen-bond donors (Lipinski definition) is 0. The van der Waals surface area contributed by atoms with Crippen LogP contribution in [0.4, 0.5) is 8.78 Å². The summed E-state index contributed by atoms with van der Waals surface area (Å²) in [4.78, 5) is 28.8. The molecule has 0 aliphatic heterocycles. The Morgan fingerprint density at radius 1 is 1.17 bits per heavy atom. The third-order valence-electron chi connectivity index (χ3n) is 4.35. The lowest BCUT2D eigenvalue weighted by Gasteiger charge is -2.06. The number of aromatic nitrogens is 1. The standard InChI is InChI=1S/C21H20F2N2O3S/c1-4-28-19(27)11-25-20-16(23)9-15(22)10-17(20)29-21(25)24-18(26)8-14-7-12(2)5-6-13(14)3/h5-7,9-10H,4,8,11H2,1-3H3. The van der Waals surface area contributed by atoms with Crippen LogP contribution in [0, 0.1) is 25.5 Å². The zero-order chi connectivity index (χ0) is 21.1. The lowest BCUT2D eigenvalue weighted by atomic mass is 10.0. The molecule has 0 saturated heterocycles. The molecule has 1 heterocycles. The predicted octanol–water partition coefficient (Wildman–Crippen LogP) is 3.83. The lowest BCUT2D eigenvalue weighted by Crippen LogP contribution is -2.23. The summed E-state index contributed by atoms with van der Waals surface area (Å²) in [6.07, 6.45) is 0.0675. The molecule has 0 radical (unpaired) electrons. The van der Waals surface area contributed by atoms with Gasteiger partial charge in [0.2, 0.25) is 0 Å². The molecule has 0 bridgehead atoms. The Kier molecular flexibility index (Phi) is 6.22. The Labute approximate surface area is 170 Å². The smallest absolute Gasteiger partial charge is 0.326 e. The molecule has 0 N–H and O–H groups in total. The minimum Gasteiger partial charge on any atom is -0.465 e. The average molecular weight is 418 g/mol. The summed E-state index contributed by atoms with van der Waals surface area (Å²) in [7, 11) is 0. The number of aryl methyl sites for hydroxylation is 2. The molecule has 5 nitrogen and oxygen atoms in total. The second-order valence-electron chi connectivity index (χ2n) is 6.62. The first-order valence-electron chi connectivity index (χ1n) is 9.06. The first-order valence-corrected chi connectivity index (χ1v) is 9.87. The number of halogens is 2. The van der Waals surface area contributed by atoms with Gasteiger partial charge >= 0.3 is 5.97 Å². The van der Waals surface area contributed by atoms with Crippen LogP contribution in [-0.4, -0.2) is 23.1 Å². The number of esters is 1. The normalized spacial score (nSPS) is 11.8. The Balaban J connectivity index is 2.06. The Morgan fingerprint density at radius 2 is 1.93 bits per heavy atom. The van der Waals surface area contributed by atoms with E-state index in [0.717, 1.165) is 40.2 Å². The van der Waals surface area contributed by atoms with Crippen molar-refractivity contribution in [3.63, 3.8) is 0 Å². The highest BCUT2D eigenvalue weighted by Crippen LogP contribution is 2.22. The molecule has 1 aromatic heterocycles. The van der Waals surface area contributed by atoms with Crippen molar-refractivity contribution in [3.8, 4) is 0 Å². The summed E-state index contributed by atoms with van der Waals surface area (Å²) in [6.45, 7) is 5.33. The Bertz CT molecular complexity index is 1160. The fraction of sp³-hybridized carbons (Fsp3) is 0.286. The van der Waals surface area contributed by atoms with Gasteiger partial charge in [0.25, 0.3) is 5.91 Å². The van der Waals surface area contributed by atoms with Crippen LogP contribution in [0.2, 0.25) is 0 Å². The van der Waals surface area contributed by atoms with Gasteiger partial charge in [-0.3, -0.25) is 9.59 Å². The number of ether oxygens (including phenoxy) is 1. The maximum atomic E-state index is 14.4. The Morgan fingerprint density at radius 3 is 2.66 bits per heavy atom. The van der Waals surface area contributed by atoms with Crippen molar-refractivity contribution in [1.82, 2.24) is 4.57 Å². The zero-order valence-corrected chi connectivity index (χ0v) is 17.1. The lowest BCUT2D eigenvalue weighted by molar-refractivity contribution is -0.143. The van der Waals surface area contributed by atoms with Crippen molar-refractivity contribution in [2.45, 2.75) is 33.7 Å². The van der Waals surface area contributed by atoms with Gasteiger partial charge in [-0.2, -0.15) is 4.99 Å². The van der Waals surface area contributed by atoms with Crippen LogP contribution in [0.5, 0.6) is 0 Å². The van der Waals surface area contributed by atoms with Crippen molar-refractivity contribution in [1.29, 1.82) is 0 Å². The molecule has 0 spiro atoms. The number of hydrogen-bond acceptors (Lipinski definition) is 4. The molecule has 3 aromatic rings. The van der Waals surface area contributed by atoms with Crippen molar-refractivity contribution in [3.05, 3.63) is 63.5 Å². The van der Waals surface area contributed by atoms with E-state index in [9.17, 15) is 18.4 Å². The largest absolute Gasteiger partial charge is 0.465 e. The number of nitrogens with zero attached hydrogens (tertiary/aromatic N) is 2. The first-order chi connectivity index (χ1) is 13.8. The molecule has 152 valence electrons. The summed E-state index contributed by atoms with van der Waals surface area (Å²) in [5.41, 5.74) is 2.84. The number of fused-ring (bicyclic) bond motifs is 1. The monoisotopic (exact) mass is 418 g/mol. The molecular weight excluding hydrogens is 398 g/mol. The number of amides is 1. The van der Waals surface area contributed by atoms with Crippen LogP contribution in [0.15, 0.2) is 35.3 Å². The number of carbonyl (C=O) groups excluding carboxylic acids is 2. The number of carbonyl (C=O) groups is 2. The third kappa shape index (κ3) is 4.76. The van der Waals surface area contributed by atoms with Crippen LogP contribution in [-0.2, 0) is 27.3 Å². The van der Waals surface area contributed by atoms with Crippen molar-refractivity contribution >= 4 is 33.4 Å². The van der Waals surface area contributed by atoms with Crippen LogP contribution in [0.3, 0.4) is 0 Å². The van der Waals surface area contributed by atoms with E-state index in [-0.39, 0.29) is 34.6 Å². The van der Waals surface area contributed by atoms with Gasteiger partial charge in [0.15, 0.2) is 10.6 Å². The molecule has 3 rings (SSSR count). The second kappa shape index (κ2) is 8.65. The minimum atomic E-state index is -0.830. The van der Waals surface area contributed by atoms with Crippen molar-refractivity contribution in [2.75, 3.05) is 6.61 Å². The van der Waals surface area contributed by atoms with E-state index >= 15 is 0 Å².